The first-order valence-corrected chi connectivity index (χ1v) is 7.32. The second-order valence-corrected chi connectivity index (χ2v) is 6.11. The van der Waals surface area contributed by atoms with Gasteiger partial charge >= 0.3 is 0 Å². The molecule has 1 aliphatic rings. The van der Waals surface area contributed by atoms with Crippen LogP contribution in [0.15, 0.2) is 24.3 Å². The van der Waals surface area contributed by atoms with Gasteiger partial charge < -0.3 is 10.1 Å². The molecule has 1 aromatic heterocycles. The van der Waals surface area contributed by atoms with Crippen LogP contribution < -0.4 is 0 Å². The smallest absolute Gasteiger partial charge is 0.144 e. The largest absolute Gasteiger partial charge is 0.505 e. The summed E-state index contributed by atoms with van der Waals surface area (Å²) in [6, 6.07) is 5.82. The number of nitrogens with one attached hydrogen (secondary N) is 1. The number of hydrogen-bond acceptors (Lipinski definition) is 1. The number of aromatic hydroxyl groups is 1. The molecule has 4 heteroatoms. The summed E-state index contributed by atoms with van der Waals surface area (Å²) in [5.41, 5.74) is 4.34. The molecule has 2 aromatic rings. The molecule has 2 N–H and O–H groups in total. The average molecular weight is 308 g/mol. The van der Waals surface area contributed by atoms with Gasteiger partial charge in [0.25, 0.3) is 0 Å². The van der Waals surface area contributed by atoms with Gasteiger partial charge in [0, 0.05) is 5.02 Å². The third-order valence-electron chi connectivity index (χ3n) is 3.86. The van der Waals surface area contributed by atoms with Gasteiger partial charge in [0.1, 0.15) is 5.75 Å². The highest BCUT2D eigenvalue weighted by Gasteiger charge is 2.24. The number of halogens is 2. The molecule has 0 spiro atoms. The van der Waals surface area contributed by atoms with E-state index in [4.69, 9.17) is 23.2 Å². The van der Waals surface area contributed by atoms with Gasteiger partial charge in [0.15, 0.2) is 0 Å². The number of aromatic amines is 1. The molecule has 0 fully saturated rings. The van der Waals surface area contributed by atoms with Crippen LogP contribution in [0.2, 0.25) is 5.02 Å². The van der Waals surface area contributed by atoms with Crippen molar-refractivity contribution in [1.82, 2.24) is 4.98 Å². The van der Waals surface area contributed by atoms with E-state index in [1.807, 2.05) is 31.2 Å². The maximum Gasteiger partial charge on any atom is 0.144 e. The van der Waals surface area contributed by atoms with Crippen LogP contribution in [0.3, 0.4) is 0 Å². The van der Waals surface area contributed by atoms with E-state index in [0.29, 0.717) is 21.7 Å². The fraction of sp³-hybridized carbons (Fsp3) is 0.250. The highest BCUT2D eigenvalue weighted by atomic mass is 35.5. The second kappa shape index (κ2) is 4.87. The fourth-order valence-electron chi connectivity index (χ4n) is 2.74. The van der Waals surface area contributed by atoms with Gasteiger partial charge in [0.2, 0.25) is 0 Å². The zero-order valence-corrected chi connectivity index (χ0v) is 12.8. The average Bonchev–Trinajstić information content (AvgIpc) is 2.70. The molecule has 0 amide bonds. The van der Waals surface area contributed by atoms with Crippen LogP contribution in [0.5, 0.6) is 5.75 Å². The van der Waals surface area contributed by atoms with Crippen molar-refractivity contribution >= 4 is 28.2 Å². The highest BCUT2D eigenvalue weighted by Crippen LogP contribution is 2.45. The molecular weight excluding hydrogens is 293 g/mol. The second-order valence-electron chi connectivity index (χ2n) is 5.27. The number of aromatic nitrogens is 1. The van der Waals surface area contributed by atoms with Gasteiger partial charge in [-0.2, -0.15) is 0 Å². The molecule has 20 heavy (non-hydrogen) atoms. The van der Waals surface area contributed by atoms with Crippen molar-refractivity contribution in [1.29, 1.82) is 0 Å². The summed E-state index contributed by atoms with van der Waals surface area (Å²) in [4.78, 5) is 3.16. The molecular formula is C16H15Cl2NO. The van der Waals surface area contributed by atoms with Crippen LogP contribution >= 0.6 is 23.2 Å². The highest BCUT2D eigenvalue weighted by molar-refractivity contribution is 6.49. The van der Waals surface area contributed by atoms with E-state index in [9.17, 15) is 5.11 Å². The number of benzene rings is 1. The molecule has 1 aromatic carbocycles. The molecule has 1 atom stereocenters. The standard InChI is InChI=1S/C16H15Cl2NO/c1-8-3-6-13(18)15-14(16(20)9(2)19-15)12-7-10(17)4-5-11(8)12/h4-8,19-20H,3H2,1-2H3/b13-6-. The topological polar surface area (TPSA) is 36.0 Å². The van der Waals surface area contributed by atoms with Crippen molar-refractivity contribution in [2.75, 3.05) is 0 Å². The molecule has 0 aliphatic heterocycles. The Morgan fingerprint density at radius 3 is 2.80 bits per heavy atom. The van der Waals surface area contributed by atoms with Crippen LogP contribution in [0, 0.1) is 6.92 Å². The molecule has 0 saturated carbocycles. The Bertz CT molecular complexity index is 716. The first-order chi connectivity index (χ1) is 9.49. The lowest BCUT2D eigenvalue weighted by molar-refractivity contribution is 0.473. The molecule has 104 valence electrons. The molecule has 1 aliphatic carbocycles. The lowest BCUT2D eigenvalue weighted by Gasteiger charge is -2.19. The van der Waals surface area contributed by atoms with Crippen LogP contribution in [0.1, 0.15) is 36.2 Å². The Kier molecular flexibility index (Phi) is 3.31. The van der Waals surface area contributed by atoms with Gasteiger partial charge in [-0.3, -0.25) is 0 Å². The van der Waals surface area contributed by atoms with Crippen LogP contribution in [-0.4, -0.2) is 10.1 Å². The molecule has 0 radical (unpaired) electrons. The van der Waals surface area contributed by atoms with Gasteiger partial charge in [0.05, 0.1) is 22.0 Å². The first kappa shape index (κ1) is 13.6. The van der Waals surface area contributed by atoms with Crippen molar-refractivity contribution in [3.05, 3.63) is 46.2 Å². The van der Waals surface area contributed by atoms with Crippen LogP contribution in [0.25, 0.3) is 16.2 Å². The number of aryl methyl sites for hydroxylation is 1. The number of rotatable bonds is 0. The molecule has 0 saturated heterocycles. The Labute approximate surface area is 128 Å². The molecule has 2 nitrogen and oxygen atoms in total. The molecule has 1 unspecified atom stereocenters. The summed E-state index contributed by atoms with van der Waals surface area (Å²) in [5.74, 6) is 0.558. The van der Waals surface area contributed by atoms with Crippen molar-refractivity contribution in [2.24, 2.45) is 0 Å². The molecule has 0 bridgehead atoms. The minimum atomic E-state index is 0.240. The third-order valence-corrected chi connectivity index (χ3v) is 4.44. The van der Waals surface area contributed by atoms with Crippen molar-refractivity contribution < 1.29 is 5.11 Å². The summed E-state index contributed by atoms with van der Waals surface area (Å²) in [7, 11) is 0. The number of H-pyrrole nitrogens is 1. The van der Waals surface area contributed by atoms with E-state index in [0.717, 1.165) is 23.2 Å². The zero-order chi connectivity index (χ0) is 14.4. The summed E-state index contributed by atoms with van der Waals surface area (Å²) in [6.07, 6.45) is 2.85. The van der Waals surface area contributed by atoms with E-state index >= 15 is 0 Å². The number of allylic oxidation sites excluding steroid dienone is 1. The first-order valence-electron chi connectivity index (χ1n) is 6.56. The molecule has 1 heterocycles. The Morgan fingerprint density at radius 2 is 2.05 bits per heavy atom. The monoisotopic (exact) mass is 307 g/mol. The minimum Gasteiger partial charge on any atom is -0.505 e. The number of fused-ring (bicyclic) bond motifs is 3. The minimum absolute atomic E-state index is 0.240. The SMILES string of the molecule is Cc1[nH]c2c(c1O)-c1cc(Cl)ccc1C(C)C/C=C/2Cl. The van der Waals surface area contributed by atoms with Crippen molar-refractivity contribution in [3.8, 4) is 16.9 Å². The van der Waals surface area contributed by atoms with E-state index in [-0.39, 0.29) is 5.75 Å². The molecule has 3 rings (SSSR count). The van der Waals surface area contributed by atoms with Gasteiger partial charge in [-0.25, -0.2) is 0 Å². The lowest BCUT2D eigenvalue weighted by atomic mass is 9.87. The zero-order valence-electron chi connectivity index (χ0n) is 11.3. The summed E-state index contributed by atoms with van der Waals surface area (Å²) >= 11 is 12.5. The Balaban J connectivity index is 2.39. The van der Waals surface area contributed by atoms with Crippen molar-refractivity contribution in [3.63, 3.8) is 0 Å². The van der Waals surface area contributed by atoms with Crippen LogP contribution in [-0.2, 0) is 0 Å². The fourth-order valence-corrected chi connectivity index (χ4v) is 3.14. The summed E-state index contributed by atoms with van der Waals surface area (Å²) in [6.45, 7) is 3.98. The predicted octanol–water partition coefficient (Wildman–Crippen LogP) is 5.44. The van der Waals surface area contributed by atoms with E-state index < -0.39 is 0 Å². The Morgan fingerprint density at radius 1 is 1.30 bits per heavy atom. The normalized spacial score (nSPS) is 20.4. The van der Waals surface area contributed by atoms with Gasteiger partial charge in [-0.15, -0.1) is 0 Å². The predicted molar refractivity (Wildman–Crippen MR) is 84.5 cm³/mol. The summed E-state index contributed by atoms with van der Waals surface area (Å²) < 4.78 is 0. The summed E-state index contributed by atoms with van der Waals surface area (Å²) in [5, 5.41) is 11.7. The third kappa shape index (κ3) is 2.04. The van der Waals surface area contributed by atoms with Crippen molar-refractivity contribution in [2.45, 2.75) is 26.2 Å². The quantitative estimate of drug-likeness (QED) is 0.668. The van der Waals surface area contributed by atoms with Gasteiger partial charge in [-0.05, 0) is 42.5 Å². The maximum atomic E-state index is 10.4. The number of hydrogen-bond donors (Lipinski definition) is 2. The Hall–Kier alpha value is -1.38. The van der Waals surface area contributed by atoms with Gasteiger partial charge in [-0.1, -0.05) is 42.3 Å². The van der Waals surface area contributed by atoms with E-state index in [2.05, 4.69) is 11.9 Å². The van der Waals surface area contributed by atoms with Crippen LogP contribution in [0.4, 0.5) is 0 Å². The van der Waals surface area contributed by atoms with E-state index in [1.54, 1.807) is 0 Å². The maximum absolute atomic E-state index is 10.4. The lowest BCUT2D eigenvalue weighted by Crippen LogP contribution is -1.99. The van der Waals surface area contributed by atoms with E-state index in [1.165, 1.54) is 5.56 Å².